The molecule has 0 aliphatic heterocycles. The van der Waals surface area contributed by atoms with Crippen LogP contribution >= 0.6 is 22.9 Å². The fraction of sp³-hybridized carbons (Fsp3) is 0.235. The van der Waals surface area contributed by atoms with Gasteiger partial charge >= 0.3 is 0 Å². The van der Waals surface area contributed by atoms with Gasteiger partial charge in [-0.25, -0.2) is 0 Å². The van der Waals surface area contributed by atoms with Gasteiger partial charge in [-0.05, 0) is 30.3 Å². The number of carbonyl (C=O) groups is 1. The Hall–Kier alpha value is -2.38. The zero-order valence-electron chi connectivity index (χ0n) is 13.7. The van der Waals surface area contributed by atoms with Crippen LogP contribution in [0.25, 0.3) is 22.2 Å². The first-order valence-electron chi connectivity index (χ1n) is 7.64. The lowest BCUT2D eigenvalue weighted by atomic mass is 10.2. The zero-order valence-corrected chi connectivity index (χ0v) is 15.3. The number of rotatable bonds is 6. The maximum Gasteiger partial charge on any atom is 0.262 e. The highest BCUT2D eigenvalue weighted by molar-refractivity contribution is 7.15. The van der Waals surface area contributed by atoms with Crippen molar-refractivity contribution in [2.24, 2.45) is 0 Å². The first-order valence-corrected chi connectivity index (χ1v) is 8.83. The number of carbonyl (C=O) groups excluding carboxylic acids is 1. The summed E-state index contributed by atoms with van der Waals surface area (Å²) in [7, 11) is 1.56. The van der Waals surface area contributed by atoms with E-state index < -0.39 is 0 Å². The number of halogens is 1. The van der Waals surface area contributed by atoms with Crippen molar-refractivity contribution in [3.63, 3.8) is 0 Å². The maximum absolute atomic E-state index is 11.3. The van der Waals surface area contributed by atoms with E-state index in [-0.39, 0.29) is 5.91 Å². The molecule has 3 aromatic rings. The molecule has 1 amide bonds. The molecule has 6 nitrogen and oxygen atoms in total. The standard InChI is InChI=1S/C17H16ClN3O3S/c1-3-15(22)19-9-11-5-7-14(25-11)16-20-17(24-21-16)12-6-4-10(18)8-13(12)23-2/h4-8H,3,9H2,1-2H3,(H,19,22). The minimum Gasteiger partial charge on any atom is -0.496 e. The van der Waals surface area contributed by atoms with Crippen molar-refractivity contribution >= 4 is 28.8 Å². The van der Waals surface area contributed by atoms with Crippen LogP contribution in [0.1, 0.15) is 18.2 Å². The number of aromatic nitrogens is 2. The highest BCUT2D eigenvalue weighted by Crippen LogP contribution is 2.33. The van der Waals surface area contributed by atoms with Crippen LogP contribution in [0.2, 0.25) is 5.02 Å². The molecule has 1 aromatic carbocycles. The summed E-state index contributed by atoms with van der Waals surface area (Å²) in [6.45, 7) is 2.31. The third-order valence-electron chi connectivity index (χ3n) is 3.48. The highest BCUT2D eigenvalue weighted by Gasteiger charge is 2.16. The van der Waals surface area contributed by atoms with Gasteiger partial charge in [0.15, 0.2) is 0 Å². The van der Waals surface area contributed by atoms with Crippen molar-refractivity contribution in [3.8, 4) is 27.9 Å². The Balaban J connectivity index is 1.80. The SMILES string of the molecule is CCC(=O)NCc1ccc(-c2noc(-c3ccc(Cl)cc3OC)n2)s1. The van der Waals surface area contributed by atoms with Crippen molar-refractivity contribution in [3.05, 3.63) is 40.2 Å². The Labute approximate surface area is 153 Å². The van der Waals surface area contributed by atoms with Gasteiger partial charge in [-0.2, -0.15) is 4.98 Å². The summed E-state index contributed by atoms with van der Waals surface area (Å²) < 4.78 is 10.7. The molecule has 3 rings (SSSR count). The molecule has 0 saturated heterocycles. The lowest BCUT2D eigenvalue weighted by Gasteiger charge is -2.04. The summed E-state index contributed by atoms with van der Waals surface area (Å²) in [4.78, 5) is 17.7. The number of hydrogen-bond acceptors (Lipinski definition) is 6. The Morgan fingerprint density at radius 3 is 2.96 bits per heavy atom. The molecule has 0 saturated carbocycles. The van der Waals surface area contributed by atoms with Gasteiger partial charge in [0.1, 0.15) is 5.75 Å². The van der Waals surface area contributed by atoms with Crippen LogP contribution in [-0.2, 0) is 11.3 Å². The molecule has 0 aliphatic carbocycles. The fourth-order valence-corrected chi connectivity index (χ4v) is 3.21. The van der Waals surface area contributed by atoms with E-state index in [2.05, 4.69) is 15.5 Å². The lowest BCUT2D eigenvalue weighted by Crippen LogP contribution is -2.20. The predicted molar refractivity (Wildman–Crippen MR) is 96.7 cm³/mol. The molecule has 0 atom stereocenters. The lowest BCUT2D eigenvalue weighted by molar-refractivity contribution is -0.120. The van der Waals surface area contributed by atoms with Crippen LogP contribution in [-0.4, -0.2) is 23.2 Å². The molecule has 0 aliphatic rings. The van der Waals surface area contributed by atoms with Crippen molar-refractivity contribution in [2.75, 3.05) is 7.11 Å². The normalized spacial score (nSPS) is 10.7. The van der Waals surface area contributed by atoms with E-state index in [4.69, 9.17) is 20.9 Å². The number of methoxy groups -OCH3 is 1. The van der Waals surface area contributed by atoms with Crippen LogP contribution in [0.3, 0.4) is 0 Å². The van der Waals surface area contributed by atoms with E-state index in [1.165, 1.54) is 11.3 Å². The van der Waals surface area contributed by atoms with E-state index in [9.17, 15) is 4.79 Å². The van der Waals surface area contributed by atoms with Crippen molar-refractivity contribution in [1.29, 1.82) is 0 Å². The van der Waals surface area contributed by atoms with E-state index in [0.717, 1.165) is 9.75 Å². The number of nitrogens with zero attached hydrogens (tertiary/aromatic N) is 2. The Morgan fingerprint density at radius 2 is 2.20 bits per heavy atom. The summed E-state index contributed by atoms with van der Waals surface area (Å²) in [6.07, 6.45) is 0.468. The van der Waals surface area contributed by atoms with E-state index in [1.807, 2.05) is 19.1 Å². The molecule has 1 N–H and O–H groups in total. The molecule has 0 fully saturated rings. The molecule has 2 aromatic heterocycles. The van der Waals surface area contributed by atoms with Crippen molar-refractivity contribution in [1.82, 2.24) is 15.5 Å². The minimum atomic E-state index is 0.0200. The quantitative estimate of drug-likeness (QED) is 0.698. The molecule has 8 heteroatoms. The summed E-state index contributed by atoms with van der Waals surface area (Å²) in [6, 6.07) is 9.06. The van der Waals surface area contributed by atoms with Gasteiger partial charge in [-0.3, -0.25) is 4.79 Å². The average Bonchev–Trinajstić information content (AvgIpc) is 3.28. The molecular formula is C17H16ClN3O3S. The van der Waals surface area contributed by atoms with Gasteiger partial charge in [0.2, 0.25) is 11.7 Å². The number of hydrogen-bond donors (Lipinski definition) is 1. The summed E-state index contributed by atoms with van der Waals surface area (Å²) >= 11 is 7.48. The molecular weight excluding hydrogens is 362 g/mol. The minimum absolute atomic E-state index is 0.0200. The topological polar surface area (TPSA) is 77.2 Å². The zero-order chi connectivity index (χ0) is 17.8. The van der Waals surface area contributed by atoms with Gasteiger partial charge in [-0.1, -0.05) is 23.7 Å². The second kappa shape index (κ2) is 7.67. The number of ether oxygens (including phenoxy) is 1. The van der Waals surface area contributed by atoms with E-state index in [1.54, 1.807) is 25.3 Å². The molecule has 0 unspecified atom stereocenters. The summed E-state index contributed by atoms with van der Waals surface area (Å²) in [5.74, 6) is 1.44. The Bertz CT molecular complexity index is 891. The molecule has 0 bridgehead atoms. The smallest absolute Gasteiger partial charge is 0.262 e. The van der Waals surface area contributed by atoms with Gasteiger partial charge in [-0.15, -0.1) is 11.3 Å². The maximum atomic E-state index is 11.3. The van der Waals surface area contributed by atoms with Crippen LogP contribution < -0.4 is 10.1 Å². The van der Waals surface area contributed by atoms with Gasteiger partial charge in [0.25, 0.3) is 5.89 Å². The van der Waals surface area contributed by atoms with Crippen molar-refractivity contribution < 1.29 is 14.1 Å². The molecule has 0 spiro atoms. The Morgan fingerprint density at radius 1 is 1.36 bits per heavy atom. The second-order valence-electron chi connectivity index (χ2n) is 5.16. The first-order chi connectivity index (χ1) is 12.1. The number of benzene rings is 1. The first kappa shape index (κ1) is 17.4. The summed E-state index contributed by atoms with van der Waals surface area (Å²) in [5, 5.41) is 7.44. The third-order valence-corrected chi connectivity index (χ3v) is 4.80. The summed E-state index contributed by atoms with van der Waals surface area (Å²) in [5.41, 5.74) is 0.678. The monoisotopic (exact) mass is 377 g/mol. The van der Waals surface area contributed by atoms with Gasteiger partial charge < -0.3 is 14.6 Å². The van der Waals surface area contributed by atoms with E-state index >= 15 is 0 Å². The molecule has 130 valence electrons. The third kappa shape index (κ3) is 4.00. The second-order valence-corrected chi connectivity index (χ2v) is 6.77. The Kier molecular flexibility index (Phi) is 5.35. The molecule has 25 heavy (non-hydrogen) atoms. The van der Waals surface area contributed by atoms with Crippen LogP contribution in [0.15, 0.2) is 34.9 Å². The number of thiophene rings is 1. The van der Waals surface area contributed by atoms with Crippen LogP contribution in [0.5, 0.6) is 5.75 Å². The largest absolute Gasteiger partial charge is 0.496 e. The van der Waals surface area contributed by atoms with Gasteiger partial charge in [0.05, 0.1) is 24.1 Å². The number of amides is 1. The number of nitrogens with one attached hydrogen (secondary N) is 1. The molecule has 2 heterocycles. The molecule has 0 radical (unpaired) electrons. The average molecular weight is 378 g/mol. The predicted octanol–water partition coefficient (Wildman–Crippen LogP) is 4.15. The highest BCUT2D eigenvalue weighted by atomic mass is 35.5. The van der Waals surface area contributed by atoms with Crippen LogP contribution in [0.4, 0.5) is 0 Å². The van der Waals surface area contributed by atoms with Gasteiger partial charge in [0, 0.05) is 16.3 Å². The van der Waals surface area contributed by atoms with Crippen LogP contribution in [0, 0.1) is 0 Å². The van der Waals surface area contributed by atoms with E-state index in [0.29, 0.717) is 41.0 Å². The fourth-order valence-electron chi connectivity index (χ4n) is 2.18. The van der Waals surface area contributed by atoms with Crippen molar-refractivity contribution in [2.45, 2.75) is 19.9 Å².